The topological polar surface area (TPSA) is 45.2 Å². The van der Waals surface area contributed by atoms with Gasteiger partial charge in [0.05, 0.1) is 16.8 Å². The van der Waals surface area contributed by atoms with E-state index in [-0.39, 0.29) is 6.04 Å². The number of benzene rings is 2. The first-order valence-corrected chi connectivity index (χ1v) is 10.1. The fraction of sp³-hybridized carbons (Fsp3) is 0.304. The van der Waals surface area contributed by atoms with Crippen LogP contribution in [0, 0.1) is 13.8 Å². The summed E-state index contributed by atoms with van der Waals surface area (Å²) >= 11 is 6.38. The van der Waals surface area contributed by atoms with Crippen molar-refractivity contribution in [1.29, 1.82) is 0 Å². The minimum Gasteiger partial charge on any atom is -0.338 e. The standard InChI is InChI=1S/C23H24ClN3O/c1-15-9-10-19(24)20(12-15)26-23-17-7-5-6-16(2)22(17)18(13-25-23)21-8-3-4-11-27(21)14-28/h5-7,9-10,12-14,21H,3-4,8,11H2,1-2H3,(H,25,26). The Kier molecular flexibility index (Phi) is 5.23. The van der Waals surface area contributed by atoms with Crippen molar-refractivity contribution in [2.45, 2.75) is 39.2 Å². The van der Waals surface area contributed by atoms with E-state index in [9.17, 15) is 4.79 Å². The molecule has 4 nitrogen and oxygen atoms in total. The van der Waals surface area contributed by atoms with E-state index in [1.165, 1.54) is 10.9 Å². The van der Waals surface area contributed by atoms with E-state index in [0.717, 1.165) is 60.2 Å². The summed E-state index contributed by atoms with van der Waals surface area (Å²) < 4.78 is 0. The summed E-state index contributed by atoms with van der Waals surface area (Å²) in [6.45, 7) is 4.96. The molecule has 4 rings (SSSR count). The van der Waals surface area contributed by atoms with Gasteiger partial charge in [0.2, 0.25) is 6.41 Å². The molecule has 1 fully saturated rings. The summed E-state index contributed by atoms with van der Waals surface area (Å²) in [5.74, 6) is 0.781. The van der Waals surface area contributed by atoms with Crippen LogP contribution >= 0.6 is 11.6 Å². The zero-order valence-corrected chi connectivity index (χ0v) is 17.0. The van der Waals surface area contributed by atoms with Crippen LogP contribution in [0.15, 0.2) is 42.6 Å². The van der Waals surface area contributed by atoms with Crippen LogP contribution in [-0.2, 0) is 4.79 Å². The number of nitrogens with one attached hydrogen (secondary N) is 1. The normalized spacial score (nSPS) is 17.0. The zero-order chi connectivity index (χ0) is 19.7. The summed E-state index contributed by atoms with van der Waals surface area (Å²) in [6, 6.07) is 12.2. The van der Waals surface area contributed by atoms with Gasteiger partial charge in [-0.2, -0.15) is 0 Å². The van der Waals surface area contributed by atoms with Crippen molar-refractivity contribution in [2.75, 3.05) is 11.9 Å². The minimum atomic E-state index is 0.0824. The Bertz CT molecular complexity index is 1030. The van der Waals surface area contributed by atoms with Crippen LogP contribution in [0.5, 0.6) is 0 Å². The Morgan fingerprint density at radius 1 is 1.21 bits per heavy atom. The van der Waals surface area contributed by atoms with Gasteiger partial charge in [-0.25, -0.2) is 4.98 Å². The molecule has 1 aromatic heterocycles. The van der Waals surface area contributed by atoms with Crippen molar-refractivity contribution in [1.82, 2.24) is 9.88 Å². The predicted octanol–water partition coefficient (Wildman–Crippen LogP) is 5.93. The average molecular weight is 394 g/mol. The highest BCUT2D eigenvalue weighted by Crippen LogP contribution is 2.38. The second-order valence-corrected chi connectivity index (χ2v) is 7.93. The molecule has 0 bridgehead atoms. The number of anilines is 2. The number of halogens is 1. The van der Waals surface area contributed by atoms with Crippen LogP contribution in [0.4, 0.5) is 11.5 Å². The van der Waals surface area contributed by atoms with E-state index in [4.69, 9.17) is 16.6 Å². The lowest BCUT2D eigenvalue weighted by molar-refractivity contribution is -0.121. The number of fused-ring (bicyclic) bond motifs is 1. The average Bonchev–Trinajstić information content (AvgIpc) is 2.71. The van der Waals surface area contributed by atoms with Gasteiger partial charge >= 0.3 is 0 Å². The highest BCUT2D eigenvalue weighted by Gasteiger charge is 2.25. The third-order valence-corrected chi connectivity index (χ3v) is 5.89. The Labute approximate surface area is 170 Å². The van der Waals surface area contributed by atoms with Crippen LogP contribution in [0.25, 0.3) is 10.8 Å². The van der Waals surface area contributed by atoms with Gasteiger partial charge in [-0.05, 0) is 61.8 Å². The van der Waals surface area contributed by atoms with Crippen molar-refractivity contribution in [3.05, 3.63) is 64.3 Å². The molecule has 144 valence electrons. The molecular weight excluding hydrogens is 370 g/mol. The molecule has 1 aliphatic heterocycles. The molecule has 1 N–H and O–H groups in total. The molecule has 0 aliphatic carbocycles. The Morgan fingerprint density at radius 3 is 2.89 bits per heavy atom. The quantitative estimate of drug-likeness (QED) is 0.558. The fourth-order valence-electron chi connectivity index (χ4n) is 4.15. The summed E-state index contributed by atoms with van der Waals surface area (Å²) in [5.41, 5.74) is 4.29. The summed E-state index contributed by atoms with van der Waals surface area (Å²) in [4.78, 5) is 18.3. The number of likely N-dealkylation sites (tertiary alicyclic amines) is 1. The summed E-state index contributed by atoms with van der Waals surface area (Å²) in [6.07, 6.45) is 6.06. The van der Waals surface area contributed by atoms with Gasteiger partial charge in [0.15, 0.2) is 0 Å². The van der Waals surface area contributed by atoms with E-state index >= 15 is 0 Å². The number of nitrogens with zero attached hydrogens (tertiary/aromatic N) is 2. The van der Waals surface area contributed by atoms with Crippen LogP contribution in [0.2, 0.25) is 5.02 Å². The smallest absolute Gasteiger partial charge is 0.210 e. The van der Waals surface area contributed by atoms with Crippen LogP contribution < -0.4 is 5.32 Å². The van der Waals surface area contributed by atoms with Gasteiger partial charge < -0.3 is 10.2 Å². The lowest BCUT2D eigenvalue weighted by atomic mass is 9.91. The van der Waals surface area contributed by atoms with Crippen molar-refractivity contribution in [2.24, 2.45) is 0 Å². The second-order valence-electron chi connectivity index (χ2n) is 7.52. The molecule has 0 radical (unpaired) electrons. The molecule has 1 saturated heterocycles. The third kappa shape index (κ3) is 3.45. The van der Waals surface area contributed by atoms with E-state index in [0.29, 0.717) is 5.02 Å². The maximum absolute atomic E-state index is 11.6. The highest BCUT2D eigenvalue weighted by molar-refractivity contribution is 6.33. The summed E-state index contributed by atoms with van der Waals surface area (Å²) in [7, 11) is 0. The van der Waals surface area contributed by atoms with Crippen LogP contribution in [0.3, 0.4) is 0 Å². The maximum Gasteiger partial charge on any atom is 0.210 e. The molecular formula is C23H24ClN3O. The second kappa shape index (κ2) is 7.80. The molecule has 2 aromatic carbocycles. The van der Waals surface area contributed by atoms with Crippen molar-refractivity contribution in [3.63, 3.8) is 0 Å². The number of carbonyl (C=O) groups excluding carboxylic acids is 1. The van der Waals surface area contributed by atoms with Gasteiger partial charge in [-0.1, -0.05) is 35.9 Å². The zero-order valence-electron chi connectivity index (χ0n) is 16.2. The molecule has 1 atom stereocenters. The number of amides is 1. The monoisotopic (exact) mass is 393 g/mol. The molecule has 3 aromatic rings. The molecule has 0 spiro atoms. The van der Waals surface area contributed by atoms with Gasteiger partial charge in [0.1, 0.15) is 5.82 Å². The number of carbonyl (C=O) groups is 1. The van der Waals surface area contributed by atoms with Gasteiger partial charge in [-0.3, -0.25) is 4.79 Å². The van der Waals surface area contributed by atoms with Gasteiger partial charge in [0, 0.05) is 23.7 Å². The van der Waals surface area contributed by atoms with Crippen LogP contribution in [0.1, 0.15) is 42.0 Å². The number of piperidine rings is 1. The number of pyridine rings is 1. The number of aryl methyl sites for hydroxylation is 2. The summed E-state index contributed by atoms with van der Waals surface area (Å²) in [5, 5.41) is 6.29. The Morgan fingerprint density at radius 2 is 2.07 bits per heavy atom. The van der Waals surface area contributed by atoms with E-state index in [1.54, 1.807) is 0 Å². The third-order valence-electron chi connectivity index (χ3n) is 5.56. The molecule has 1 aliphatic rings. The first-order valence-electron chi connectivity index (χ1n) is 9.71. The van der Waals surface area contributed by atoms with E-state index < -0.39 is 0 Å². The lowest BCUT2D eigenvalue weighted by Crippen LogP contribution is -2.32. The van der Waals surface area contributed by atoms with Gasteiger partial charge in [-0.15, -0.1) is 0 Å². The number of hydrogen-bond donors (Lipinski definition) is 1. The fourth-order valence-corrected chi connectivity index (χ4v) is 4.31. The number of rotatable bonds is 4. The first-order chi connectivity index (χ1) is 13.6. The van der Waals surface area contributed by atoms with Crippen LogP contribution in [-0.4, -0.2) is 22.8 Å². The van der Waals surface area contributed by atoms with E-state index in [2.05, 4.69) is 24.4 Å². The molecule has 5 heteroatoms. The largest absolute Gasteiger partial charge is 0.338 e. The predicted molar refractivity (Wildman–Crippen MR) is 115 cm³/mol. The van der Waals surface area contributed by atoms with Gasteiger partial charge in [0.25, 0.3) is 0 Å². The number of hydrogen-bond acceptors (Lipinski definition) is 3. The van der Waals surface area contributed by atoms with Crippen molar-refractivity contribution in [3.8, 4) is 0 Å². The molecule has 1 unspecified atom stereocenters. The van der Waals surface area contributed by atoms with Crippen molar-refractivity contribution < 1.29 is 4.79 Å². The Balaban J connectivity index is 1.84. The number of aromatic nitrogens is 1. The minimum absolute atomic E-state index is 0.0824. The molecule has 2 heterocycles. The molecule has 1 amide bonds. The maximum atomic E-state index is 11.6. The van der Waals surface area contributed by atoms with Crippen molar-refractivity contribution >= 4 is 40.3 Å². The Hall–Kier alpha value is -2.59. The lowest BCUT2D eigenvalue weighted by Gasteiger charge is -2.34. The molecule has 28 heavy (non-hydrogen) atoms. The highest BCUT2D eigenvalue weighted by atomic mass is 35.5. The first kappa shape index (κ1) is 18.8. The molecule has 0 saturated carbocycles. The SMILES string of the molecule is Cc1ccc(Cl)c(Nc2ncc(C3CCCCN3C=O)c3c(C)cccc23)c1. The van der Waals surface area contributed by atoms with E-state index in [1.807, 2.05) is 42.3 Å².